The molecule has 1 aromatic carbocycles. The summed E-state index contributed by atoms with van der Waals surface area (Å²) in [6, 6.07) is 7.35. The zero-order valence-electron chi connectivity index (χ0n) is 21.0. The van der Waals surface area contributed by atoms with Crippen molar-refractivity contribution in [3.05, 3.63) is 59.1 Å². The highest BCUT2D eigenvalue weighted by molar-refractivity contribution is 5.89. The number of piperazine rings is 1. The normalized spacial score (nSPS) is 22.4. The lowest BCUT2D eigenvalue weighted by Crippen LogP contribution is -2.45. The van der Waals surface area contributed by atoms with E-state index in [9.17, 15) is 0 Å². The van der Waals surface area contributed by atoms with Gasteiger partial charge in [0.15, 0.2) is 5.75 Å². The molecule has 2 aromatic rings. The van der Waals surface area contributed by atoms with Gasteiger partial charge in [-0.15, -0.1) is 0 Å². The topological polar surface area (TPSA) is 41.1 Å². The third-order valence-corrected chi connectivity index (χ3v) is 8.30. The number of rotatable bonds is 5. The molecule has 6 rings (SSSR count). The average Bonchev–Trinajstić information content (AvgIpc) is 2.94. The number of hydrogen-bond donors (Lipinski definition) is 0. The summed E-state index contributed by atoms with van der Waals surface area (Å²) in [5.41, 5.74) is 5.00. The third-order valence-electron chi connectivity index (χ3n) is 8.30. The Bertz CT molecular complexity index is 1110. The molecule has 0 radical (unpaired) electrons. The molecule has 3 heterocycles. The molecule has 6 heteroatoms. The summed E-state index contributed by atoms with van der Waals surface area (Å²) in [6.45, 7) is 6.80. The fraction of sp³-hybridized carbons (Fsp3) is 0.552. The molecule has 1 saturated carbocycles. The van der Waals surface area contributed by atoms with Crippen molar-refractivity contribution in [3.63, 3.8) is 0 Å². The third kappa shape index (κ3) is 4.66. The Kier molecular flexibility index (Phi) is 6.66. The highest BCUT2D eigenvalue weighted by Crippen LogP contribution is 2.37. The molecule has 0 atom stereocenters. The van der Waals surface area contributed by atoms with E-state index in [4.69, 9.17) is 14.5 Å². The summed E-state index contributed by atoms with van der Waals surface area (Å²) in [5.74, 6) is 2.14. The summed E-state index contributed by atoms with van der Waals surface area (Å²) in [6.07, 6.45) is 15.2. The van der Waals surface area contributed by atoms with E-state index in [1.54, 1.807) is 7.11 Å². The summed E-state index contributed by atoms with van der Waals surface area (Å²) in [4.78, 5) is 12.4. The van der Waals surface area contributed by atoms with Gasteiger partial charge in [0, 0.05) is 68.9 Å². The van der Waals surface area contributed by atoms with E-state index in [1.807, 2.05) is 6.20 Å². The molecule has 0 unspecified atom stereocenters. The molecule has 1 aromatic heterocycles. The minimum atomic E-state index is 0.660. The minimum Gasteiger partial charge on any atom is -0.499 e. The van der Waals surface area contributed by atoms with Crippen molar-refractivity contribution in [2.75, 3.05) is 40.0 Å². The first-order valence-electron chi connectivity index (χ1n) is 13.5. The van der Waals surface area contributed by atoms with Crippen LogP contribution in [0.5, 0.6) is 5.75 Å². The van der Waals surface area contributed by atoms with Crippen LogP contribution in [0.15, 0.2) is 48.0 Å². The Hall–Kier alpha value is -2.57. The maximum atomic E-state index is 6.37. The van der Waals surface area contributed by atoms with Crippen molar-refractivity contribution in [1.82, 2.24) is 19.7 Å². The molecule has 2 aliphatic carbocycles. The Labute approximate surface area is 209 Å². The van der Waals surface area contributed by atoms with Gasteiger partial charge in [-0.1, -0.05) is 31.4 Å². The lowest BCUT2D eigenvalue weighted by molar-refractivity contribution is 0.0412. The average molecular weight is 475 g/mol. The lowest BCUT2D eigenvalue weighted by atomic mass is 9.93. The van der Waals surface area contributed by atoms with Crippen molar-refractivity contribution in [2.24, 2.45) is 0 Å². The van der Waals surface area contributed by atoms with E-state index in [0.29, 0.717) is 12.8 Å². The number of benzene rings is 1. The number of aromatic nitrogens is 1. The predicted molar refractivity (Wildman–Crippen MR) is 139 cm³/mol. The number of allylic oxidation sites excluding steroid dienone is 3. The predicted octanol–water partition coefficient (Wildman–Crippen LogP) is 5.05. The minimum absolute atomic E-state index is 0.660. The second kappa shape index (κ2) is 10.2. The van der Waals surface area contributed by atoms with Crippen molar-refractivity contribution in [2.45, 2.75) is 64.1 Å². The van der Waals surface area contributed by atoms with Crippen LogP contribution in [0.3, 0.4) is 0 Å². The van der Waals surface area contributed by atoms with Gasteiger partial charge in [-0.3, -0.25) is 14.8 Å². The van der Waals surface area contributed by atoms with Crippen LogP contribution in [0.4, 0.5) is 0 Å². The molecule has 2 fully saturated rings. The fourth-order valence-corrected chi connectivity index (χ4v) is 6.36. The lowest BCUT2D eigenvalue weighted by Gasteiger charge is -2.39. The van der Waals surface area contributed by atoms with E-state index in [1.165, 1.54) is 54.3 Å². The summed E-state index contributed by atoms with van der Waals surface area (Å²) < 4.78 is 12.1. The van der Waals surface area contributed by atoms with Crippen molar-refractivity contribution >= 4 is 10.9 Å². The van der Waals surface area contributed by atoms with E-state index in [-0.39, 0.29) is 0 Å². The van der Waals surface area contributed by atoms with E-state index in [2.05, 4.69) is 45.1 Å². The van der Waals surface area contributed by atoms with Crippen LogP contribution < -0.4 is 4.74 Å². The summed E-state index contributed by atoms with van der Waals surface area (Å²) >= 11 is 0. The number of nitrogens with zero attached hydrogens (tertiary/aromatic N) is 4. The Morgan fingerprint density at radius 2 is 1.97 bits per heavy atom. The van der Waals surface area contributed by atoms with Gasteiger partial charge in [-0.25, -0.2) is 0 Å². The molecule has 0 spiro atoms. The highest BCUT2D eigenvalue weighted by Gasteiger charge is 2.29. The van der Waals surface area contributed by atoms with Crippen LogP contribution in [0.2, 0.25) is 0 Å². The molecule has 6 nitrogen and oxygen atoms in total. The van der Waals surface area contributed by atoms with Crippen molar-refractivity contribution < 1.29 is 9.47 Å². The molecule has 0 amide bonds. The zero-order chi connectivity index (χ0) is 23.6. The second-order valence-electron chi connectivity index (χ2n) is 10.5. The maximum Gasteiger partial charge on any atom is 0.152 e. The Morgan fingerprint density at radius 3 is 2.80 bits per heavy atom. The molecular weight excluding hydrogens is 436 g/mol. The monoisotopic (exact) mass is 474 g/mol. The number of pyridine rings is 1. The molecule has 0 bridgehead atoms. The quantitative estimate of drug-likeness (QED) is 0.604. The van der Waals surface area contributed by atoms with Gasteiger partial charge < -0.3 is 14.4 Å². The Balaban J connectivity index is 1.20. The first-order valence-corrected chi connectivity index (χ1v) is 13.5. The molecule has 35 heavy (non-hydrogen) atoms. The summed E-state index contributed by atoms with van der Waals surface area (Å²) in [7, 11) is 1.80. The van der Waals surface area contributed by atoms with Crippen LogP contribution in [0.1, 0.15) is 56.1 Å². The van der Waals surface area contributed by atoms with Crippen LogP contribution in [-0.4, -0.2) is 65.7 Å². The van der Waals surface area contributed by atoms with E-state index < -0.39 is 0 Å². The summed E-state index contributed by atoms with van der Waals surface area (Å²) in [5, 5.41) is 1.24. The van der Waals surface area contributed by atoms with Crippen LogP contribution in [-0.2, 0) is 17.8 Å². The molecular formula is C29H38N4O2. The first-order chi connectivity index (χ1) is 17.3. The smallest absolute Gasteiger partial charge is 0.152 e. The van der Waals surface area contributed by atoms with Gasteiger partial charge in [-0.05, 0) is 43.0 Å². The number of fused-ring (bicyclic) bond motifs is 3. The van der Waals surface area contributed by atoms with Gasteiger partial charge in [0.05, 0.1) is 12.8 Å². The first kappa shape index (κ1) is 22.9. The van der Waals surface area contributed by atoms with Crippen molar-refractivity contribution in [3.8, 4) is 5.75 Å². The number of hydrogen-bond acceptors (Lipinski definition) is 6. The second-order valence-corrected chi connectivity index (χ2v) is 10.5. The van der Waals surface area contributed by atoms with Gasteiger partial charge >= 0.3 is 0 Å². The molecule has 4 aliphatic rings. The van der Waals surface area contributed by atoms with E-state index in [0.717, 1.165) is 69.1 Å². The fourth-order valence-electron chi connectivity index (χ4n) is 6.36. The van der Waals surface area contributed by atoms with E-state index >= 15 is 0 Å². The molecule has 2 aliphatic heterocycles. The largest absolute Gasteiger partial charge is 0.499 e. The molecule has 1 saturated heterocycles. The van der Waals surface area contributed by atoms with Crippen molar-refractivity contribution in [1.29, 1.82) is 0 Å². The zero-order valence-corrected chi connectivity index (χ0v) is 21.0. The highest BCUT2D eigenvalue weighted by atomic mass is 16.5. The van der Waals surface area contributed by atoms with Crippen LogP contribution >= 0.6 is 0 Å². The maximum absolute atomic E-state index is 6.37. The van der Waals surface area contributed by atoms with Crippen LogP contribution in [0.25, 0.3) is 10.9 Å². The van der Waals surface area contributed by atoms with Gasteiger partial charge in [0.1, 0.15) is 18.0 Å². The standard InChI is InChI=1S/C29H38N4O2/c1-34-27-12-6-5-11-26(27)32-16-14-31(15-17-32)19-22-18-23-20-33(24-8-3-2-4-9-24)21-35-29(23)28-25(22)10-7-13-30-28/h5,7,10-11,13,18,24H,2-4,6,8-9,12,14-17,19-21H2,1H3. The van der Waals surface area contributed by atoms with Crippen LogP contribution in [0, 0.1) is 0 Å². The SMILES string of the molecule is COC1=C(N2CCN(Cc3cc4c(c5ncccc35)OCN(C3CCCCC3)C4)CC2)C=CCC1. The van der Waals surface area contributed by atoms with Gasteiger partial charge in [0.2, 0.25) is 0 Å². The number of methoxy groups -OCH3 is 1. The van der Waals surface area contributed by atoms with Gasteiger partial charge in [0.25, 0.3) is 0 Å². The molecule has 0 N–H and O–H groups in total. The molecule has 186 valence electrons. The Morgan fingerprint density at radius 1 is 1.11 bits per heavy atom. The van der Waals surface area contributed by atoms with Gasteiger partial charge in [-0.2, -0.15) is 0 Å². The number of ether oxygens (including phenoxy) is 2.